The zero-order chi connectivity index (χ0) is 20.3. The molecule has 1 aromatic carbocycles. The lowest BCUT2D eigenvalue weighted by molar-refractivity contribution is -0.385. The number of benzene rings is 1. The smallest absolute Gasteiger partial charge is 0.307 e. The van der Waals surface area contributed by atoms with Gasteiger partial charge in [0.05, 0.1) is 15.8 Å². The lowest BCUT2D eigenvalue weighted by Gasteiger charge is -2.16. The summed E-state index contributed by atoms with van der Waals surface area (Å²) in [5, 5.41) is 24.5. The molecule has 0 saturated heterocycles. The Labute approximate surface area is 170 Å². The van der Waals surface area contributed by atoms with Gasteiger partial charge < -0.3 is 9.30 Å². The minimum absolute atomic E-state index is 0.0460. The van der Waals surface area contributed by atoms with E-state index < -0.39 is 4.92 Å². The largest absolute Gasteiger partial charge is 0.481 e. The van der Waals surface area contributed by atoms with Crippen LogP contribution in [0.3, 0.4) is 0 Å². The number of ether oxygens (including phenoxy) is 1. The maximum Gasteiger partial charge on any atom is 0.307 e. The highest BCUT2D eigenvalue weighted by Crippen LogP contribution is 2.30. The molecule has 11 heteroatoms. The van der Waals surface area contributed by atoms with Gasteiger partial charge in [-0.15, -0.1) is 10.2 Å². The van der Waals surface area contributed by atoms with Gasteiger partial charge in [0.1, 0.15) is 18.1 Å². The van der Waals surface area contributed by atoms with E-state index in [1.165, 1.54) is 28.8 Å². The monoisotopic (exact) mass is 422 g/mol. The molecule has 0 spiro atoms. The van der Waals surface area contributed by atoms with Gasteiger partial charge in [-0.2, -0.15) is 5.10 Å². The summed E-state index contributed by atoms with van der Waals surface area (Å²) in [6.07, 6.45) is 2.25. The second kappa shape index (κ2) is 8.61. The third-order valence-corrected chi connectivity index (χ3v) is 5.24. The Morgan fingerprint density at radius 1 is 1.39 bits per heavy atom. The Hall–Kier alpha value is -2.59. The Morgan fingerprint density at radius 2 is 2.18 bits per heavy atom. The van der Waals surface area contributed by atoms with Crippen LogP contribution in [0.2, 0.25) is 5.02 Å². The van der Waals surface area contributed by atoms with Crippen molar-refractivity contribution in [3.8, 4) is 5.75 Å². The van der Waals surface area contributed by atoms with Gasteiger partial charge >= 0.3 is 5.69 Å². The molecule has 28 heavy (non-hydrogen) atoms. The Morgan fingerprint density at radius 3 is 2.86 bits per heavy atom. The zero-order valence-corrected chi connectivity index (χ0v) is 17.1. The van der Waals surface area contributed by atoms with Crippen molar-refractivity contribution in [2.24, 2.45) is 0 Å². The van der Waals surface area contributed by atoms with Gasteiger partial charge in [0.2, 0.25) is 0 Å². The Kier molecular flexibility index (Phi) is 6.20. The first-order valence-electron chi connectivity index (χ1n) is 8.54. The van der Waals surface area contributed by atoms with Crippen LogP contribution in [-0.2, 0) is 12.4 Å². The maximum absolute atomic E-state index is 10.8. The molecule has 0 aliphatic carbocycles. The van der Waals surface area contributed by atoms with Crippen LogP contribution in [0.5, 0.6) is 5.75 Å². The number of hydrogen-bond acceptors (Lipinski definition) is 7. The molecule has 148 valence electrons. The molecule has 2 heterocycles. The zero-order valence-electron chi connectivity index (χ0n) is 15.6. The van der Waals surface area contributed by atoms with Gasteiger partial charge in [-0.3, -0.25) is 14.8 Å². The molecular weight excluding hydrogens is 404 g/mol. The van der Waals surface area contributed by atoms with Crippen LogP contribution in [0, 0.1) is 17.0 Å². The summed E-state index contributed by atoms with van der Waals surface area (Å²) >= 11 is 7.60. The number of nitro groups is 1. The van der Waals surface area contributed by atoms with E-state index in [9.17, 15) is 10.1 Å². The lowest BCUT2D eigenvalue weighted by atomic mass is 10.2. The number of hydrogen-bond donors (Lipinski definition) is 0. The van der Waals surface area contributed by atoms with Crippen LogP contribution in [0.1, 0.15) is 31.3 Å². The van der Waals surface area contributed by atoms with Crippen molar-refractivity contribution >= 4 is 29.1 Å². The third-order valence-electron chi connectivity index (χ3n) is 3.97. The molecule has 0 fully saturated rings. The van der Waals surface area contributed by atoms with E-state index in [0.717, 1.165) is 5.56 Å². The van der Waals surface area contributed by atoms with E-state index in [-0.39, 0.29) is 11.8 Å². The SMILES string of the molecule is CCn1c(SCn2cc([N+](=O)[O-])cn2)nnc1C(C)Oc1cc(C)ccc1Cl. The molecule has 2 aromatic heterocycles. The van der Waals surface area contributed by atoms with Gasteiger partial charge in [-0.25, -0.2) is 0 Å². The molecular formula is C17H19ClN6O3S. The van der Waals surface area contributed by atoms with Crippen molar-refractivity contribution in [2.45, 2.75) is 44.5 Å². The topological polar surface area (TPSA) is 101 Å². The summed E-state index contributed by atoms with van der Waals surface area (Å²) in [4.78, 5) is 10.3. The third kappa shape index (κ3) is 4.45. The highest BCUT2D eigenvalue weighted by Gasteiger charge is 2.20. The molecule has 0 saturated carbocycles. The Balaban J connectivity index is 1.73. The predicted molar refractivity (Wildman–Crippen MR) is 106 cm³/mol. The highest BCUT2D eigenvalue weighted by molar-refractivity contribution is 7.98. The van der Waals surface area contributed by atoms with E-state index in [0.29, 0.717) is 34.2 Å². The molecule has 0 amide bonds. The average molecular weight is 423 g/mol. The standard InChI is InChI=1S/C17H19ClN6O3S/c1-4-23-16(12(3)27-15-7-11(2)5-6-14(15)18)20-21-17(23)28-10-22-9-13(8-19-22)24(25)26/h5-9,12H,4,10H2,1-3H3. The van der Waals surface area contributed by atoms with E-state index in [2.05, 4.69) is 15.3 Å². The molecule has 0 radical (unpaired) electrons. The molecule has 0 bridgehead atoms. The minimum Gasteiger partial charge on any atom is -0.481 e. The first-order valence-corrected chi connectivity index (χ1v) is 9.91. The average Bonchev–Trinajstić information content (AvgIpc) is 3.29. The fourth-order valence-corrected chi connectivity index (χ4v) is 3.62. The molecule has 1 unspecified atom stereocenters. The second-order valence-electron chi connectivity index (χ2n) is 6.05. The first-order chi connectivity index (χ1) is 13.4. The first kappa shape index (κ1) is 20.2. The van der Waals surface area contributed by atoms with Crippen LogP contribution >= 0.6 is 23.4 Å². The normalized spacial score (nSPS) is 12.1. The van der Waals surface area contributed by atoms with Crippen LogP contribution in [0.25, 0.3) is 0 Å². The fourth-order valence-electron chi connectivity index (χ4n) is 2.59. The summed E-state index contributed by atoms with van der Waals surface area (Å²) in [6.45, 7) is 6.50. The van der Waals surface area contributed by atoms with Gasteiger partial charge in [0.25, 0.3) is 0 Å². The number of aromatic nitrogens is 5. The lowest BCUT2D eigenvalue weighted by Crippen LogP contribution is -2.12. The van der Waals surface area contributed by atoms with Gasteiger partial charge in [0, 0.05) is 6.54 Å². The minimum atomic E-state index is -0.476. The summed E-state index contributed by atoms with van der Waals surface area (Å²) in [5.41, 5.74) is 1.00. The number of rotatable bonds is 8. The van der Waals surface area contributed by atoms with Gasteiger partial charge in [-0.05, 0) is 38.5 Å². The summed E-state index contributed by atoms with van der Waals surface area (Å²) in [6, 6.07) is 5.60. The molecule has 0 N–H and O–H groups in total. The van der Waals surface area contributed by atoms with Crippen molar-refractivity contribution in [3.63, 3.8) is 0 Å². The van der Waals surface area contributed by atoms with E-state index in [4.69, 9.17) is 16.3 Å². The summed E-state index contributed by atoms with van der Waals surface area (Å²) in [7, 11) is 0. The fraction of sp³-hybridized carbons (Fsp3) is 0.353. The number of halogens is 1. The Bertz CT molecular complexity index is 989. The van der Waals surface area contributed by atoms with E-state index in [1.54, 1.807) is 6.07 Å². The molecule has 3 rings (SSSR count). The predicted octanol–water partition coefficient (Wildman–Crippen LogP) is 4.25. The van der Waals surface area contributed by atoms with Crippen molar-refractivity contribution in [1.29, 1.82) is 0 Å². The number of thioether (sulfide) groups is 1. The van der Waals surface area contributed by atoms with E-state index in [1.807, 2.05) is 37.5 Å². The quantitative estimate of drug-likeness (QED) is 0.303. The van der Waals surface area contributed by atoms with Crippen molar-refractivity contribution in [2.75, 3.05) is 0 Å². The highest BCUT2D eigenvalue weighted by atomic mass is 35.5. The van der Waals surface area contributed by atoms with Crippen molar-refractivity contribution in [1.82, 2.24) is 24.5 Å². The van der Waals surface area contributed by atoms with Gasteiger partial charge in [-0.1, -0.05) is 29.4 Å². The molecule has 3 aromatic rings. The molecule has 0 aliphatic rings. The van der Waals surface area contributed by atoms with Crippen LogP contribution < -0.4 is 4.74 Å². The summed E-state index contributed by atoms with van der Waals surface area (Å²) < 4.78 is 9.43. The number of aryl methyl sites for hydroxylation is 1. The van der Waals surface area contributed by atoms with Crippen molar-refractivity contribution in [3.05, 3.63) is 57.1 Å². The van der Waals surface area contributed by atoms with Crippen LogP contribution in [0.15, 0.2) is 35.7 Å². The number of nitrogens with zero attached hydrogens (tertiary/aromatic N) is 6. The van der Waals surface area contributed by atoms with Crippen molar-refractivity contribution < 1.29 is 9.66 Å². The van der Waals surface area contributed by atoms with Crippen LogP contribution in [-0.4, -0.2) is 29.5 Å². The van der Waals surface area contributed by atoms with Gasteiger partial charge in [0.15, 0.2) is 17.1 Å². The molecule has 9 nitrogen and oxygen atoms in total. The molecule has 0 aliphatic heterocycles. The second-order valence-corrected chi connectivity index (χ2v) is 7.37. The maximum atomic E-state index is 10.8. The molecule has 1 atom stereocenters. The van der Waals surface area contributed by atoms with Crippen LogP contribution in [0.4, 0.5) is 5.69 Å². The van der Waals surface area contributed by atoms with E-state index >= 15 is 0 Å². The summed E-state index contributed by atoms with van der Waals surface area (Å²) in [5.74, 6) is 1.65.